The standard InChI is InChI=1S/C18H24N2O2/c1-13-4-3-5-14(2)18(13)20-11-10-19-12-17(22)15-6-8-16(21)9-7-15/h3-9,17,19-22H,10-12H2,1-2H3. The second kappa shape index (κ2) is 7.82. The maximum Gasteiger partial charge on any atom is 0.115 e. The Kier molecular flexibility index (Phi) is 5.81. The summed E-state index contributed by atoms with van der Waals surface area (Å²) < 4.78 is 0. The van der Waals surface area contributed by atoms with Crippen LogP contribution in [0, 0.1) is 13.8 Å². The van der Waals surface area contributed by atoms with Crippen LogP contribution in [0.2, 0.25) is 0 Å². The highest BCUT2D eigenvalue weighted by molar-refractivity contribution is 5.56. The molecular weight excluding hydrogens is 276 g/mol. The van der Waals surface area contributed by atoms with E-state index in [4.69, 9.17) is 0 Å². The lowest BCUT2D eigenvalue weighted by atomic mass is 10.1. The summed E-state index contributed by atoms with van der Waals surface area (Å²) in [5.74, 6) is 0.210. The molecular formula is C18H24N2O2. The minimum Gasteiger partial charge on any atom is -0.508 e. The van der Waals surface area contributed by atoms with E-state index in [0.717, 1.165) is 18.7 Å². The Morgan fingerprint density at radius 3 is 2.23 bits per heavy atom. The van der Waals surface area contributed by atoms with Crippen LogP contribution in [0.3, 0.4) is 0 Å². The predicted molar refractivity (Wildman–Crippen MR) is 90.3 cm³/mol. The highest BCUT2D eigenvalue weighted by atomic mass is 16.3. The summed E-state index contributed by atoms with van der Waals surface area (Å²) >= 11 is 0. The Hall–Kier alpha value is -2.04. The number of rotatable bonds is 7. The van der Waals surface area contributed by atoms with Gasteiger partial charge >= 0.3 is 0 Å². The molecule has 0 aliphatic heterocycles. The number of aryl methyl sites for hydroxylation is 2. The monoisotopic (exact) mass is 300 g/mol. The number of hydrogen-bond acceptors (Lipinski definition) is 4. The van der Waals surface area contributed by atoms with Crippen molar-refractivity contribution >= 4 is 5.69 Å². The minimum atomic E-state index is -0.569. The lowest BCUT2D eigenvalue weighted by molar-refractivity contribution is 0.175. The normalized spacial score (nSPS) is 12.1. The molecule has 0 radical (unpaired) electrons. The van der Waals surface area contributed by atoms with Crippen LogP contribution in [0.5, 0.6) is 5.75 Å². The SMILES string of the molecule is Cc1cccc(C)c1NCCNCC(O)c1ccc(O)cc1. The smallest absolute Gasteiger partial charge is 0.115 e. The van der Waals surface area contributed by atoms with E-state index in [1.54, 1.807) is 24.3 Å². The van der Waals surface area contributed by atoms with Crippen molar-refractivity contribution in [1.82, 2.24) is 5.32 Å². The van der Waals surface area contributed by atoms with Crippen molar-refractivity contribution in [3.8, 4) is 5.75 Å². The zero-order valence-corrected chi connectivity index (χ0v) is 13.1. The summed E-state index contributed by atoms with van der Waals surface area (Å²) in [4.78, 5) is 0. The van der Waals surface area contributed by atoms with Gasteiger partial charge in [0, 0.05) is 25.3 Å². The summed E-state index contributed by atoms with van der Waals surface area (Å²) in [7, 11) is 0. The summed E-state index contributed by atoms with van der Waals surface area (Å²) in [5, 5.41) is 25.9. The van der Waals surface area contributed by atoms with Crippen LogP contribution in [0.15, 0.2) is 42.5 Å². The molecule has 0 saturated carbocycles. The number of aromatic hydroxyl groups is 1. The van der Waals surface area contributed by atoms with E-state index >= 15 is 0 Å². The van der Waals surface area contributed by atoms with Crippen LogP contribution in [0.25, 0.3) is 0 Å². The molecule has 2 aromatic carbocycles. The first kappa shape index (κ1) is 16.3. The summed E-state index contributed by atoms with van der Waals surface area (Å²) in [5.41, 5.74) is 4.46. The lowest BCUT2D eigenvalue weighted by Crippen LogP contribution is -2.27. The molecule has 22 heavy (non-hydrogen) atoms. The third-order valence-corrected chi connectivity index (χ3v) is 3.70. The van der Waals surface area contributed by atoms with Gasteiger partial charge in [0.1, 0.15) is 5.75 Å². The van der Waals surface area contributed by atoms with Crippen molar-refractivity contribution < 1.29 is 10.2 Å². The highest BCUT2D eigenvalue weighted by Crippen LogP contribution is 2.19. The topological polar surface area (TPSA) is 64.5 Å². The molecule has 0 aliphatic rings. The Balaban J connectivity index is 1.72. The largest absolute Gasteiger partial charge is 0.508 e. The predicted octanol–water partition coefficient (Wildman–Crippen LogP) is 2.74. The molecule has 0 fully saturated rings. The zero-order chi connectivity index (χ0) is 15.9. The molecule has 1 unspecified atom stereocenters. The first-order chi connectivity index (χ1) is 10.6. The second-order valence-corrected chi connectivity index (χ2v) is 5.51. The Morgan fingerprint density at radius 2 is 1.59 bits per heavy atom. The van der Waals surface area contributed by atoms with Crippen molar-refractivity contribution in [3.63, 3.8) is 0 Å². The van der Waals surface area contributed by atoms with Crippen molar-refractivity contribution in [3.05, 3.63) is 59.2 Å². The first-order valence-electron chi connectivity index (χ1n) is 7.55. The number of nitrogens with one attached hydrogen (secondary N) is 2. The number of para-hydroxylation sites is 1. The minimum absolute atomic E-state index is 0.210. The van der Waals surface area contributed by atoms with Crippen LogP contribution < -0.4 is 10.6 Å². The molecule has 0 bridgehead atoms. The number of aliphatic hydroxyl groups excluding tert-OH is 1. The number of aliphatic hydroxyl groups is 1. The number of phenols is 1. The molecule has 4 N–H and O–H groups in total. The van der Waals surface area contributed by atoms with Crippen LogP contribution in [-0.2, 0) is 0 Å². The Bertz CT molecular complexity index is 576. The fraction of sp³-hybridized carbons (Fsp3) is 0.333. The third-order valence-electron chi connectivity index (χ3n) is 3.70. The molecule has 0 aromatic heterocycles. The van der Waals surface area contributed by atoms with Crippen molar-refractivity contribution in [2.24, 2.45) is 0 Å². The fourth-order valence-corrected chi connectivity index (χ4v) is 2.42. The van der Waals surface area contributed by atoms with Gasteiger partial charge in [-0.3, -0.25) is 0 Å². The van der Waals surface area contributed by atoms with Crippen molar-refractivity contribution in [1.29, 1.82) is 0 Å². The highest BCUT2D eigenvalue weighted by Gasteiger charge is 2.06. The quantitative estimate of drug-likeness (QED) is 0.594. The molecule has 0 heterocycles. The molecule has 2 rings (SSSR count). The van der Waals surface area contributed by atoms with Crippen LogP contribution in [-0.4, -0.2) is 29.8 Å². The summed E-state index contributed by atoms with van der Waals surface area (Å²) in [6, 6.07) is 12.9. The maximum absolute atomic E-state index is 10.1. The third kappa shape index (κ3) is 4.48. The van der Waals surface area contributed by atoms with E-state index in [9.17, 15) is 10.2 Å². The average molecular weight is 300 g/mol. The molecule has 4 nitrogen and oxygen atoms in total. The van der Waals surface area contributed by atoms with Gasteiger partial charge < -0.3 is 20.8 Å². The number of anilines is 1. The Morgan fingerprint density at radius 1 is 0.955 bits per heavy atom. The molecule has 1 atom stereocenters. The van der Waals surface area contributed by atoms with Gasteiger partial charge in [-0.15, -0.1) is 0 Å². The number of hydrogen-bond donors (Lipinski definition) is 4. The van der Waals surface area contributed by atoms with Crippen LogP contribution in [0.1, 0.15) is 22.8 Å². The van der Waals surface area contributed by atoms with Gasteiger partial charge in [0.2, 0.25) is 0 Å². The molecule has 2 aromatic rings. The van der Waals surface area contributed by atoms with E-state index in [1.807, 2.05) is 0 Å². The Labute approximate surface area is 131 Å². The molecule has 0 spiro atoms. The first-order valence-corrected chi connectivity index (χ1v) is 7.55. The van der Waals surface area contributed by atoms with E-state index in [2.05, 4.69) is 42.7 Å². The van der Waals surface area contributed by atoms with E-state index in [0.29, 0.717) is 6.54 Å². The van der Waals surface area contributed by atoms with Gasteiger partial charge in [-0.05, 0) is 42.7 Å². The number of benzene rings is 2. The van der Waals surface area contributed by atoms with E-state index in [1.165, 1.54) is 16.8 Å². The molecule has 0 saturated heterocycles. The zero-order valence-electron chi connectivity index (χ0n) is 13.1. The van der Waals surface area contributed by atoms with Gasteiger partial charge in [0.25, 0.3) is 0 Å². The van der Waals surface area contributed by atoms with Gasteiger partial charge in [-0.1, -0.05) is 30.3 Å². The van der Waals surface area contributed by atoms with Crippen LogP contribution >= 0.6 is 0 Å². The van der Waals surface area contributed by atoms with Gasteiger partial charge in [0.05, 0.1) is 6.10 Å². The second-order valence-electron chi connectivity index (χ2n) is 5.51. The van der Waals surface area contributed by atoms with Gasteiger partial charge in [0.15, 0.2) is 0 Å². The van der Waals surface area contributed by atoms with Crippen molar-refractivity contribution in [2.45, 2.75) is 20.0 Å². The fourth-order valence-electron chi connectivity index (χ4n) is 2.42. The van der Waals surface area contributed by atoms with Crippen LogP contribution in [0.4, 0.5) is 5.69 Å². The maximum atomic E-state index is 10.1. The summed E-state index contributed by atoms with van der Waals surface area (Å²) in [6.07, 6.45) is -0.569. The van der Waals surface area contributed by atoms with Gasteiger partial charge in [-0.25, -0.2) is 0 Å². The average Bonchev–Trinajstić information content (AvgIpc) is 2.50. The van der Waals surface area contributed by atoms with E-state index in [-0.39, 0.29) is 5.75 Å². The van der Waals surface area contributed by atoms with Crippen molar-refractivity contribution in [2.75, 3.05) is 25.0 Å². The van der Waals surface area contributed by atoms with Gasteiger partial charge in [-0.2, -0.15) is 0 Å². The molecule has 0 amide bonds. The number of phenolic OH excluding ortho intramolecular Hbond substituents is 1. The molecule has 118 valence electrons. The van der Waals surface area contributed by atoms with E-state index < -0.39 is 6.10 Å². The summed E-state index contributed by atoms with van der Waals surface area (Å²) in [6.45, 7) is 6.24. The molecule has 0 aliphatic carbocycles. The lowest BCUT2D eigenvalue weighted by Gasteiger charge is -2.15. The molecule has 4 heteroatoms.